The lowest BCUT2D eigenvalue weighted by atomic mass is 10.1. The van der Waals surface area contributed by atoms with Gasteiger partial charge >= 0.3 is 0 Å². The van der Waals surface area contributed by atoms with Crippen molar-refractivity contribution in [2.24, 2.45) is 0 Å². The van der Waals surface area contributed by atoms with E-state index in [1.165, 1.54) is 0 Å². The maximum absolute atomic E-state index is 9.02. The van der Waals surface area contributed by atoms with Gasteiger partial charge in [0.1, 0.15) is 11.6 Å². The van der Waals surface area contributed by atoms with E-state index in [0.29, 0.717) is 12.0 Å². The second-order valence-electron chi connectivity index (χ2n) is 5.05. The fourth-order valence-corrected chi connectivity index (χ4v) is 2.17. The Labute approximate surface area is 123 Å². The zero-order chi connectivity index (χ0) is 15.4. The number of hydrogen-bond donors (Lipinski definition) is 2. The zero-order valence-corrected chi connectivity index (χ0v) is 12.5. The number of nitrogens with zero attached hydrogens (tertiary/aromatic N) is 5. The molecule has 0 aromatic carbocycles. The Morgan fingerprint density at radius 2 is 2.00 bits per heavy atom. The van der Waals surface area contributed by atoms with E-state index in [4.69, 9.17) is 11.0 Å². The Morgan fingerprint density at radius 3 is 2.62 bits per heavy atom. The largest absolute Gasteiger partial charge is 0.381 e. The number of nitrogens with one attached hydrogen (secondary N) is 1. The van der Waals surface area contributed by atoms with Gasteiger partial charge in [-0.1, -0.05) is 0 Å². The first kappa shape index (κ1) is 14.8. The third-order valence-electron chi connectivity index (χ3n) is 3.21. The van der Waals surface area contributed by atoms with Crippen LogP contribution in [0, 0.1) is 25.2 Å². The Kier molecular flexibility index (Phi) is 4.38. The van der Waals surface area contributed by atoms with Crippen LogP contribution in [0.3, 0.4) is 0 Å². The minimum Gasteiger partial charge on any atom is -0.381 e. The van der Waals surface area contributed by atoms with Crippen molar-refractivity contribution in [3.05, 3.63) is 28.7 Å². The van der Waals surface area contributed by atoms with E-state index in [1.54, 1.807) is 0 Å². The summed E-state index contributed by atoms with van der Waals surface area (Å²) in [6.07, 6.45) is 1.56. The molecule has 2 rings (SSSR count). The van der Waals surface area contributed by atoms with Gasteiger partial charge in [0, 0.05) is 25.0 Å². The monoisotopic (exact) mass is 285 g/mol. The molecule has 0 fully saturated rings. The summed E-state index contributed by atoms with van der Waals surface area (Å²) in [6.45, 7) is 4.70. The van der Waals surface area contributed by atoms with E-state index in [9.17, 15) is 0 Å². The number of aromatic amines is 1. The van der Waals surface area contributed by atoms with Crippen LogP contribution in [0.15, 0.2) is 6.07 Å². The third-order valence-corrected chi connectivity index (χ3v) is 3.21. The molecule has 0 saturated carbocycles. The Morgan fingerprint density at radius 1 is 1.33 bits per heavy atom. The topological polar surface area (TPSA) is 108 Å². The molecule has 0 bridgehead atoms. The van der Waals surface area contributed by atoms with Crippen LogP contribution < -0.4 is 10.6 Å². The van der Waals surface area contributed by atoms with E-state index >= 15 is 0 Å². The van der Waals surface area contributed by atoms with Crippen LogP contribution in [-0.2, 0) is 6.42 Å². The Balaban J connectivity index is 1.95. The summed E-state index contributed by atoms with van der Waals surface area (Å²) in [5.41, 5.74) is 8.75. The maximum Gasteiger partial charge on any atom is 0.225 e. The van der Waals surface area contributed by atoms with Gasteiger partial charge < -0.3 is 10.6 Å². The molecule has 2 heterocycles. The molecule has 0 aliphatic heterocycles. The van der Waals surface area contributed by atoms with Gasteiger partial charge in [0.25, 0.3) is 0 Å². The first-order valence-electron chi connectivity index (χ1n) is 6.77. The number of rotatable bonds is 5. The first-order valence-corrected chi connectivity index (χ1v) is 6.77. The molecular formula is C14H19N7. The first-order chi connectivity index (χ1) is 10.0. The van der Waals surface area contributed by atoms with Crippen LogP contribution in [0.25, 0.3) is 0 Å². The van der Waals surface area contributed by atoms with Gasteiger partial charge in [-0.05, 0) is 32.8 Å². The highest BCUT2D eigenvalue weighted by Crippen LogP contribution is 2.14. The average molecular weight is 285 g/mol. The van der Waals surface area contributed by atoms with E-state index < -0.39 is 0 Å². The molecule has 0 aliphatic carbocycles. The molecule has 3 N–H and O–H groups in total. The predicted octanol–water partition coefficient (Wildman–Crippen LogP) is 1.34. The molecule has 0 unspecified atom stereocenters. The number of nitrogens with two attached hydrogens (primary N) is 1. The molecule has 0 spiro atoms. The van der Waals surface area contributed by atoms with E-state index in [1.807, 2.05) is 31.9 Å². The van der Waals surface area contributed by atoms with Crippen molar-refractivity contribution in [2.45, 2.75) is 26.7 Å². The fraction of sp³-hybridized carbons (Fsp3) is 0.429. The van der Waals surface area contributed by atoms with Gasteiger partial charge in [-0.25, -0.2) is 9.97 Å². The smallest absolute Gasteiger partial charge is 0.225 e. The molecule has 0 saturated heterocycles. The quantitative estimate of drug-likeness (QED) is 0.858. The van der Waals surface area contributed by atoms with Crippen LogP contribution in [-0.4, -0.2) is 33.8 Å². The van der Waals surface area contributed by atoms with Gasteiger partial charge in [-0.2, -0.15) is 10.4 Å². The molecule has 0 aliphatic rings. The molecule has 7 nitrogen and oxygen atoms in total. The summed E-state index contributed by atoms with van der Waals surface area (Å²) < 4.78 is 0. The summed E-state index contributed by atoms with van der Waals surface area (Å²) in [6, 6.07) is 4.02. The number of hydrogen-bond acceptors (Lipinski definition) is 6. The number of aryl methyl sites for hydroxylation is 3. The third kappa shape index (κ3) is 3.48. The van der Waals surface area contributed by atoms with Crippen molar-refractivity contribution in [3.8, 4) is 6.07 Å². The lowest BCUT2D eigenvalue weighted by Gasteiger charge is -2.17. The van der Waals surface area contributed by atoms with E-state index in [-0.39, 0.29) is 5.82 Å². The van der Waals surface area contributed by atoms with Crippen LogP contribution in [0.4, 0.5) is 11.8 Å². The second kappa shape index (κ2) is 6.22. The maximum atomic E-state index is 9.02. The predicted molar refractivity (Wildman–Crippen MR) is 80.8 cm³/mol. The number of aromatic nitrogens is 4. The lowest BCUT2D eigenvalue weighted by Crippen LogP contribution is -2.22. The summed E-state index contributed by atoms with van der Waals surface area (Å²) >= 11 is 0. The zero-order valence-electron chi connectivity index (χ0n) is 12.5. The Hall–Kier alpha value is -2.62. The molecule has 0 amide bonds. The SMILES string of the molecule is Cc1cc(C)nc(N(C)CCCc2[nH]nc(N)c2C#N)n1. The van der Waals surface area contributed by atoms with Gasteiger partial charge in [0.2, 0.25) is 5.95 Å². The van der Waals surface area contributed by atoms with Crippen LogP contribution in [0.1, 0.15) is 29.1 Å². The summed E-state index contributed by atoms with van der Waals surface area (Å²) in [7, 11) is 1.96. The highest BCUT2D eigenvalue weighted by Gasteiger charge is 2.11. The minimum absolute atomic E-state index is 0.262. The minimum atomic E-state index is 0.262. The lowest BCUT2D eigenvalue weighted by molar-refractivity contribution is 0.747. The standard InChI is InChI=1S/C14H19N7/c1-9-7-10(2)18-14(17-9)21(3)6-4-5-12-11(8-15)13(16)20-19-12/h7H,4-6H2,1-3H3,(H3,16,19,20). The highest BCUT2D eigenvalue weighted by atomic mass is 15.2. The number of nitriles is 1. The van der Waals surface area contributed by atoms with Gasteiger partial charge in [-0.15, -0.1) is 0 Å². The molecule has 7 heteroatoms. The molecule has 0 atom stereocenters. The van der Waals surface area contributed by atoms with Crippen LogP contribution >= 0.6 is 0 Å². The molecule has 2 aromatic heterocycles. The van der Waals surface area contributed by atoms with Gasteiger partial charge in [0.05, 0.1) is 5.69 Å². The normalized spacial score (nSPS) is 10.4. The van der Waals surface area contributed by atoms with E-state index in [2.05, 4.69) is 26.2 Å². The van der Waals surface area contributed by atoms with Crippen LogP contribution in [0.5, 0.6) is 0 Å². The highest BCUT2D eigenvalue weighted by molar-refractivity contribution is 5.50. The van der Waals surface area contributed by atoms with Crippen molar-refractivity contribution in [2.75, 3.05) is 24.2 Å². The molecule has 110 valence electrons. The number of anilines is 2. The average Bonchev–Trinajstić information content (AvgIpc) is 2.78. The Bertz CT molecular complexity index is 648. The summed E-state index contributed by atoms with van der Waals surface area (Å²) in [5.74, 6) is 0.982. The molecule has 0 radical (unpaired) electrons. The van der Waals surface area contributed by atoms with Crippen molar-refractivity contribution in [1.82, 2.24) is 20.2 Å². The van der Waals surface area contributed by atoms with Crippen molar-refractivity contribution < 1.29 is 0 Å². The summed E-state index contributed by atoms with van der Waals surface area (Å²) in [4.78, 5) is 10.8. The van der Waals surface area contributed by atoms with Gasteiger partial charge in [0.15, 0.2) is 5.82 Å². The van der Waals surface area contributed by atoms with Crippen molar-refractivity contribution >= 4 is 11.8 Å². The number of H-pyrrole nitrogens is 1. The number of nitrogen functional groups attached to an aromatic ring is 1. The molecule has 21 heavy (non-hydrogen) atoms. The summed E-state index contributed by atoms with van der Waals surface area (Å²) in [5, 5.41) is 15.7. The second-order valence-corrected chi connectivity index (χ2v) is 5.05. The van der Waals surface area contributed by atoms with E-state index in [0.717, 1.165) is 36.0 Å². The van der Waals surface area contributed by atoms with Crippen molar-refractivity contribution in [1.29, 1.82) is 5.26 Å². The van der Waals surface area contributed by atoms with Gasteiger partial charge in [-0.3, -0.25) is 5.10 Å². The fourth-order valence-electron chi connectivity index (χ4n) is 2.17. The molecule has 2 aromatic rings. The van der Waals surface area contributed by atoms with Crippen molar-refractivity contribution in [3.63, 3.8) is 0 Å². The molecular weight excluding hydrogens is 266 g/mol. The van der Waals surface area contributed by atoms with Crippen LogP contribution in [0.2, 0.25) is 0 Å².